The van der Waals surface area contributed by atoms with E-state index < -0.39 is 0 Å². The van der Waals surface area contributed by atoms with Crippen molar-refractivity contribution in [3.05, 3.63) is 30.0 Å². The fraction of sp³-hybridized carbons (Fsp3) is 0.615. The van der Waals surface area contributed by atoms with Gasteiger partial charge in [-0.2, -0.15) is 0 Å². The average Bonchev–Trinajstić information content (AvgIpc) is 2.52. The van der Waals surface area contributed by atoms with Crippen LogP contribution in [0.15, 0.2) is 30.0 Å². The van der Waals surface area contributed by atoms with E-state index in [2.05, 4.69) is 25.8 Å². The maximum absolute atomic E-state index is 3.62. The topological polar surface area (TPSA) is 0 Å². The molecule has 2 unspecified atom stereocenters. The third-order valence-electron chi connectivity index (χ3n) is 4.32. The normalized spacial score (nSPS) is 40.2. The second kappa shape index (κ2) is 3.61. The average molecular weight is 260 g/mol. The minimum Gasteiger partial charge on any atom is -0.121 e. The summed E-state index contributed by atoms with van der Waals surface area (Å²) in [5.41, 5.74) is 9.98. The molecule has 0 nitrogen and oxygen atoms in total. The number of hydrogen-bond donors (Lipinski definition) is 0. The molecular weight excluding hydrogens is 243 g/mol. The van der Waals surface area contributed by atoms with Gasteiger partial charge in [0, 0.05) is 28.1 Å². The molecule has 3 fully saturated rings. The smallest absolute Gasteiger partial charge is 0.0192 e. The summed E-state index contributed by atoms with van der Waals surface area (Å²) in [4.78, 5) is 0. The van der Waals surface area contributed by atoms with Crippen molar-refractivity contribution in [1.82, 2.24) is 0 Å². The van der Waals surface area contributed by atoms with Crippen molar-refractivity contribution in [3.63, 3.8) is 0 Å². The Morgan fingerprint density at radius 3 is 2.40 bits per heavy atom. The molecule has 82 valence electrons. The van der Waals surface area contributed by atoms with E-state index in [1.54, 1.807) is 17.3 Å². The van der Waals surface area contributed by atoms with Crippen molar-refractivity contribution in [2.24, 2.45) is 5.41 Å². The zero-order valence-electron chi connectivity index (χ0n) is 9.20. The molecule has 2 bridgehead atoms. The van der Waals surface area contributed by atoms with E-state index in [0.29, 0.717) is 7.92 Å². The second-order valence-electron chi connectivity index (χ2n) is 4.93. The van der Waals surface area contributed by atoms with E-state index in [1.165, 1.54) is 19.3 Å². The standard InChI is InChI=1S/C11H13P.C2H4.Fe/c1-7-2-3-12(7)10-9-4-8-5-11(9,10)6-8;1-2;/h7,10H,2-3,5-6H2,1H3;1-2H2;/t7-,10?,12?;;/m1../s1. The van der Waals surface area contributed by atoms with Gasteiger partial charge in [-0.1, -0.05) is 14.8 Å². The molecule has 0 N–H and O–H groups in total. The number of hydrogen-bond acceptors (Lipinski definition) is 0. The predicted octanol–water partition coefficient (Wildman–Crippen LogP) is 3.69. The third-order valence-corrected chi connectivity index (χ3v) is 7.90. The minimum atomic E-state index is 0. The molecule has 0 radical (unpaired) electrons. The Morgan fingerprint density at radius 1 is 1.40 bits per heavy atom. The maximum atomic E-state index is 3.62. The van der Waals surface area contributed by atoms with Crippen LogP contribution in [0.2, 0.25) is 0 Å². The molecule has 0 aromatic rings. The van der Waals surface area contributed by atoms with Crippen LogP contribution in [0, 0.1) is 5.41 Å². The van der Waals surface area contributed by atoms with E-state index in [4.69, 9.17) is 0 Å². The Kier molecular flexibility index (Phi) is 2.81. The fourth-order valence-electron chi connectivity index (χ4n) is 3.37. The first-order valence-electron chi connectivity index (χ1n) is 5.56. The van der Waals surface area contributed by atoms with E-state index in [9.17, 15) is 0 Å². The molecular formula is C13H17FeP. The Hall–Kier alpha value is 0.209. The zero-order chi connectivity index (χ0) is 9.92. The molecule has 15 heavy (non-hydrogen) atoms. The molecule has 0 aromatic heterocycles. The first-order valence-corrected chi connectivity index (χ1v) is 7.23. The SMILES string of the molecule is C=C.C[C@@H]1CCP1C1C2=C=C3CC21C3.[Fe]. The second-order valence-corrected chi connectivity index (χ2v) is 7.80. The van der Waals surface area contributed by atoms with Crippen molar-refractivity contribution in [1.29, 1.82) is 0 Å². The van der Waals surface area contributed by atoms with Crippen LogP contribution < -0.4 is 0 Å². The maximum Gasteiger partial charge on any atom is 0.0192 e. The molecule has 1 saturated heterocycles. The van der Waals surface area contributed by atoms with Crippen molar-refractivity contribution in [3.8, 4) is 0 Å². The quantitative estimate of drug-likeness (QED) is 0.292. The van der Waals surface area contributed by atoms with Gasteiger partial charge in [0.15, 0.2) is 0 Å². The van der Waals surface area contributed by atoms with E-state index >= 15 is 0 Å². The molecule has 5 aliphatic rings. The molecule has 0 aromatic carbocycles. The Morgan fingerprint density at radius 2 is 2.07 bits per heavy atom. The molecule has 3 atom stereocenters. The summed E-state index contributed by atoms with van der Waals surface area (Å²) in [5.74, 6) is 0. The van der Waals surface area contributed by atoms with Crippen molar-refractivity contribution < 1.29 is 17.1 Å². The molecule has 0 amide bonds. The van der Waals surface area contributed by atoms with Crippen molar-refractivity contribution in [2.75, 3.05) is 6.16 Å². The third kappa shape index (κ3) is 1.25. The molecule has 5 rings (SSSR count). The van der Waals surface area contributed by atoms with Gasteiger partial charge in [0.2, 0.25) is 0 Å². The number of allylic oxidation sites excluding steroid dienone is 1. The summed E-state index contributed by atoms with van der Waals surface area (Å²) in [5, 5.41) is 0. The van der Waals surface area contributed by atoms with Crippen molar-refractivity contribution >= 4 is 7.92 Å². The Bertz CT molecular complexity index is 357. The van der Waals surface area contributed by atoms with Crippen LogP contribution in [0.5, 0.6) is 0 Å². The van der Waals surface area contributed by atoms with Crippen LogP contribution in [0.25, 0.3) is 0 Å². The molecule has 1 aliphatic heterocycles. The molecule has 4 aliphatic carbocycles. The monoisotopic (exact) mass is 260 g/mol. The molecule has 1 spiro atoms. The fourth-order valence-corrected chi connectivity index (χ4v) is 6.74. The van der Waals surface area contributed by atoms with Gasteiger partial charge in [-0.05, 0) is 42.2 Å². The first-order chi connectivity index (χ1) is 6.81. The predicted molar refractivity (Wildman–Crippen MR) is 63.1 cm³/mol. The summed E-state index contributed by atoms with van der Waals surface area (Å²) >= 11 is 0. The molecule has 2 heteroatoms. The van der Waals surface area contributed by atoms with Gasteiger partial charge in [-0.25, -0.2) is 0 Å². The summed E-state index contributed by atoms with van der Waals surface area (Å²) in [6.45, 7) is 8.46. The van der Waals surface area contributed by atoms with E-state index in [-0.39, 0.29) is 17.1 Å². The summed E-state index contributed by atoms with van der Waals surface area (Å²) in [6.07, 6.45) is 5.95. The van der Waals surface area contributed by atoms with Gasteiger partial charge in [-0.3, -0.25) is 0 Å². The van der Waals surface area contributed by atoms with E-state index in [0.717, 1.165) is 16.7 Å². The van der Waals surface area contributed by atoms with Crippen LogP contribution >= 0.6 is 7.92 Å². The zero-order valence-corrected chi connectivity index (χ0v) is 11.2. The molecule has 1 heterocycles. The van der Waals surface area contributed by atoms with Crippen LogP contribution in [-0.2, 0) is 17.1 Å². The summed E-state index contributed by atoms with van der Waals surface area (Å²) < 4.78 is 0. The minimum absolute atomic E-state index is 0. The van der Waals surface area contributed by atoms with Gasteiger partial charge < -0.3 is 0 Å². The van der Waals surface area contributed by atoms with Crippen LogP contribution in [0.1, 0.15) is 26.2 Å². The largest absolute Gasteiger partial charge is 0.121 e. The number of rotatable bonds is 1. The van der Waals surface area contributed by atoms with Crippen LogP contribution in [0.3, 0.4) is 0 Å². The first kappa shape index (κ1) is 11.7. The van der Waals surface area contributed by atoms with Gasteiger partial charge >= 0.3 is 0 Å². The van der Waals surface area contributed by atoms with Gasteiger partial charge in [-0.15, -0.1) is 18.9 Å². The van der Waals surface area contributed by atoms with Gasteiger partial charge in [0.1, 0.15) is 0 Å². The summed E-state index contributed by atoms with van der Waals surface area (Å²) in [7, 11) is 0.436. The van der Waals surface area contributed by atoms with Gasteiger partial charge in [0.05, 0.1) is 0 Å². The molecule has 2 saturated carbocycles. The van der Waals surface area contributed by atoms with Crippen molar-refractivity contribution in [2.45, 2.75) is 37.5 Å². The Balaban J connectivity index is 0.000000271. The Labute approximate surface area is 104 Å². The van der Waals surface area contributed by atoms with E-state index in [1.807, 2.05) is 0 Å². The van der Waals surface area contributed by atoms with Crippen LogP contribution in [0.4, 0.5) is 0 Å². The van der Waals surface area contributed by atoms with Crippen LogP contribution in [-0.4, -0.2) is 17.5 Å². The summed E-state index contributed by atoms with van der Waals surface area (Å²) in [6, 6.07) is 0. The van der Waals surface area contributed by atoms with Gasteiger partial charge in [0.25, 0.3) is 0 Å².